The van der Waals surface area contributed by atoms with Crippen molar-refractivity contribution in [2.75, 3.05) is 23.3 Å². The van der Waals surface area contributed by atoms with E-state index in [2.05, 4.69) is 49.3 Å². The molecule has 0 saturated heterocycles. The lowest BCUT2D eigenvalue weighted by Crippen LogP contribution is -2.42. The van der Waals surface area contributed by atoms with Crippen LogP contribution < -0.4 is 15.5 Å². The van der Waals surface area contributed by atoms with Crippen molar-refractivity contribution in [3.05, 3.63) is 57.9 Å². The highest BCUT2D eigenvalue weighted by molar-refractivity contribution is 7.10. The van der Waals surface area contributed by atoms with Gasteiger partial charge in [-0.1, -0.05) is 45.9 Å². The third-order valence-electron chi connectivity index (χ3n) is 5.84. The van der Waals surface area contributed by atoms with Crippen LogP contribution in [-0.2, 0) is 9.59 Å². The SMILES string of the molecule is CC(C)CNC(=O)CN1c2ccccc2NC2=C(C(=O)CC(C)(C)C2)[C@H]1c1cccs1. The van der Waals surface area contributed by atoms with Crippen molar-refractivity contribution in [3.8, 4) is 0 Å². The second-order valence-corrected chi connectivity index (χ2v) is 10.7. The number of anilines is 2. The average molecular weight is 438 g/mol. The van der Waals surface area contributed by atoms with E-state index in [4.69, 9.17) is 0 Å². The molecule has 2 heterocycles. The quantitative estimate of drug-likeness (QED) is 0.680. The average Bonchev–Trinajstić information content (AvgIpc) is 3.17. The van der Waals surface area contributed by atoms with Crippen molar-refractivity contribution < 1.29 is 9.59 Å². The largest absolute Gasteiger partial charge is 0.357 e. The summed E-state index contributed by atoms with van der Waals surface area (Å²) < 4.78 is 0. The van der Waals surface area contributed by atoms with E-state index >= 15 is 0 Å². The van der Waals surface area contributed by atoms with Crippen molar-refractivity contribution in [1.82, 2.24) is 5.32 Å². The summed E-state index contributed by atoms with van der Waals surface area (Å²) in [5.41, 5.74) is 3.57. The van der Waals surface area contributed by atoms with E-state index in [0.29, 0.717) is 18.9 Å². The first kappa shape index (κ1) is 21.6. The van der Waals surface area contributed by atoms with E-state index in [1.54, 1.807) is 11.3 Å². The molecule has 0 bridgehead atoms. The molecule has 164 valence electrons. The molecule has 0 fully saturated rings. The molecule has 0 spiro atoms. The van der Waals surface area contributed by atoms with Gasteiger partial charge in [-0.25, -0.2) is 0 Å². The first-order chi connectivity index (χ1) is 14.7. The maximum absolute atomic E-state index is 13.5. The van der Waals surface area contributed by atoms with Crippen molar-refractivity contribution in [2.45, 2.75) is 46.6 Å². The second kappa shape index (κ2) is 8.50. The number of benzene rings is 1. The minimum absolute atomic E-state index is 0.0299. The molecule has 1 aliphatic carbocycles. The van der Waals surface area contributed by atoms with Gasteiger partial charge in [0.15, 0.2) is 5.78 Å². The van der Waals surface area contributed by atoms with Gasteiger partial charge in [0.05, 0.1) is 24.0 Å². The fraction of sp³-hybridized carbons (Fsp3) is 0.440. The first-order valence-electron chi connectivity index (χ1n) is 10.9. The standard InChI is InChI=1S/C25H31N3O2S/c1-16(2)14-26-22(30)15-28-19-9-6-5-8-17(19)27-18-12-25(3,4)13-20(29)23(18)24(28)21-10-7-11-31-21/h5-11,16,24,27H,12-15H2,1-4H3,(H,26,30)/t24-/m1/s1. The molecular weight excluding hydrogens is 406 g/mol. The number of hydrogen-bond acceptors (Lipinski definition) is 5. The van der Waals surface area contributed by atoms with Gasteiger partial charge in [-0.15, -0.1) is 11.3 Å². The van der Waals surface area contributed by atoms with E-state index in [1.165, 1.54) is 0 Å². The van der Waals surface area contributed by atoms with Crippen LogP contribution >= 0.6 is 11.3 Å². The molecule has 5 nitrogen and oxygen atoms in total. The lowest BCUT2D eigenvalue weighted by Gasteiger charge is -2.37. The van der Waals surface area contributed by atoms with Crippen LogP contribution in [0.3, 0.4) is 0 Å². The van der Waals surface area contributed by atoms with Gasteiger partial charge in [-0.3, -0.25) is 9.59 Å². The fourth-order valence-electron chi connectivity index (χ4n) is 4.50. The predicted octanol–water partition coefficient (Wildman–Crippen LogP) is 5.14. The van der Waals surface area contributed by atoms with Crippen LogP contribution in [0.1, 0.15) is 51.5 Å². The molecule has 4 rings (SSSR count). The van der Waals surface area contributed by atoms with Gasteiger partial charge in [-0.2, -0.15) is 0 Å². The maximum atomic E-state index is 13.5. The van der Waals surface area contributed by atoms with Gasteiger partial charge < -0.3 is 15.5 Å². The molecule has 6 heteroatoms. The summed E-state index contributed by atoms with van der Waals surface area (Å²) in [6, 6.07) is 11.8. The number of amides is 1. The number of carbonyl (C=O) groups is 2. The Morgan fingerprint density at radius 2 is 2.00 bits per heavy atom. The number of hydrogen-bond donors (Lipinski definition) is 2. The van der Waals surface area contributed by atoms with Crippen LogP contribution in [0, 0.1) is 11.3 Å². The van der Waals surface area contributed by atoms with Crippen molar-refractivity contribution >= 4 is 34.4 Å². The Morgan fingerprint density at radius 3 is 2.71 bits per heavy atom. The molecule has 2 aromatic rings. The Kier molecular flexibility index (Phi) is 5.93. The number of allylic oxidation sites excluding steroid dienone is 1. The lowest BCUT2D eigenvalue weighted by atomic mass is 9.74. The minimum atomic E-state index is -0.278. The Balaban J connectivity index is 1.83. The second-order valence-electron chi connectivity index (χ2n) is 9.72. The zero-order valence-corrected chi connectivity index (χ0v) is 19.5. The Morgan fingerprint density at radius 1 is 1.23 bits per heavy atom. The summed E-state index contributed by atoms with van der Waals surface area (Å²) >= 11 is 1.63. The van der Waals surface area contributed by atoms with E-state index in [9.17, 15) is 9.59 Å². The molecule has 1 amide bonds. The van der Waals surface area contributed by atoms with Crippen LogP contribution in [0.4, 0.5) is 11.4 Å². The molecule has 2 N–H and O–H groups in total. The number of rotatable bonds is 5. The summed E-state index contributed by atoms with van der Waals surface area (Å²) in [6.45, 7) is 9.28. The number of nitrogens with zero attached hydrogens (tertiary/aromatic N) is 1. The summed E-state index contributed by atoms with van der Waals surface area (Å²) in [5, 5.41) is 8.66. The Labute approximate surface area is 188 Å². The lowest BCUT2D eigenvalue weighted by molar-refractivity contribution is -0.120. The van der Waals surface area contributed by atoms with Gasteiger partial charge in [0, 0.05) is 29.1 Å². The highest BCUT2D eigenvalue weighted by Gasteiger charge is 2.42. The molecular formula is C25H31N3O2S. The van der Waals surface area contributed by atoms with Crippen molar-refractivity contribution in [2.24, 2.45) is 11.3 Å². The monoisotopic (exact) mass is 437 g/mol. The molecule has 1 aromatic carbocycles. The van der Waals surface area contributed by atoms with E-state index in [0.717, 1.165) is 33.9 Å². The van der Waals surface area contributed by atoms with Crippen LogP contribution in [-0.4, -0.2) is 24.8 Å². The fourth-order valence-corrected chi connectivity index (χ4v) is 5.34. The number of para-hydroxylation sites is 2. The van der Waals surface area contributed by atoms with Crippen LogP contribution in [0.15, 0.2) is 53.0 Å². The first-order valence-corrected chi connectivity index (χ1v) is 11.8. The highest BCUT2D eigenvalue weighted by Crippen LogP contribution is 2.48. The van der Waals surface area contributed by atoms with E-state index in [-0.39, 0.29) is 29.7 Å². The van der Waals surface area contributed by atoms with Gasteiger partial charge in [0.2, 0.25) is 5.91 Å². The summed E-state index contributed by atoms with van der Waals surface area (Å²) in [7, 11) is 0. The van der Waals surface area contributed by atoms with Gasteiger partial charge >= 0.3 is 0 Å². The number of nitrogens with one attached hydrogen (secondary N) is 2. The summed E-state index contributed by atoms with van der Waals surface area (Å²) in [6.07, 6.45) is 1.32. The number of Topliss-reactive ketones (excluding diaryl/α,β-unsaturated/α-hetero) is 1. The van der Waals surface area contributed by atoms with Crippen molar-refractivity contribution in [1.29, 1.82) is 0 Å². The number of thiophene rings is 1. The molecule has 0 unspecified atom stereocenters. The normalized spacial score (nSPS) is 20.1. The summed E-state index contributed by atoms with van der Waals surface area (Å²) in [4.78, 5) is 29.6. The van der Waals surface area contributed by atoms with Gasteiger partial charge in [-0.05, 0) is 41.3 Å². The molecule has 1 aromatic heterocycles. The minimum Gasteiger partial charge on any atom is -0.357 e. The van der Waals surface area contributed by atoms with Crippen molar-refractivity contribution in [3.63, 3.8) is 0 Å². The third-order valence-corrected chi connectivity index (χ3v) is 6.76. The zero-order valence-electron chi connectivity index (χ0n) is 18.7. The van der Waals surface area contributed by atoms with Crippen LogP contribution in [0.2, 0.25) is 0 Å². The maximum Gasteiger partial charge on any atom is 0.239 e. The Hall–Kier alpha value is -2.60. The molecule has 0 radical (unpaired) electrons. The topological polar surface area (TPSA) is 61.4 Å². The molecule has 31 heavy (non-hydrogen) atoms. The number of fused-ring (bicyclic) bond motifs is 1. The smallest absolute Gasteiger partial charge is 0.239 e. The number of carbonyl (C=O) groups excluding carboxylic acids is 2. The highest BCUT2D eigenvalue weighted by atomic mass is 32.1. The number of ketones is 1. The molecule has 0 saturated carbocycles. The molecule has 1 atom stereocenters. The zero-order chi connectivity index (χ0) is 22.2. The predicted molar refractivity (Wildman–Crippen MR) is 127 cm³/mol. The van der Waals surface area contributed by atoms with Crippen LogP contribution in [0.25, 0.3) is 0 Å². The van der Waals surface area contributed by atoms with Gasteiger partial charge in [0.1, 0.15) is 0 Å². The molecule has 1 aliphatic heterocycles. The van der Waals surface area contributed by atoms with E-state index in [1.807, 2.05) is 35.7 Å². The molecule has 2 aliphatic rings. The summed E-state index contributed by atoms with van der Waals surface area (Å²) in [5.74, 6) is 0.516. The van der Waals surface area contributed by atoms with Gasteiger partial charge in [0.25, 0.3) is 0 Å². The van der Waals surface area contributed by atoms with E-state index < -0.39 is 0 Å². The third kappa shape index (κ3) is 4.54. The Bertz CT molecular complexity index is 1010. The van der Waals surface area contributed by atoms with Crippen LogP contribution in [0.5, 0.6) is 0 Å².